The summed E-state index contributed by atoms with van der Waals surface area (Å²) < 4.78 is 22.3. The third kappa shape index (κ3) is 6.94. The summed E-state index contributed by atoms with van der Waals surface area (Å²) in [5.74, 6) is 3.04. The van der Waals surface area contributed by atoms with E-state index in [9.17, 15) is 4.79 Å². The Bertz CT molecular complexity index is 1130. The second-order valence-corrected chi connectivity index (χ2v) is 8.95. The van der Waals surface area contributed by atoms with Crippen molar-refractivity contribution in [1.29, 1.82) is 0 Å². The molecule has 0 heterocycles. The van der Waals surface area contributed by atoms with Crippen molar-refractivity contribution in [1.82, 2.24) is 4.90 Å². The Labute approximate surface area is 214 Å². The van der Waals surface area contributed by atoms with E-state index in [0.717, 1.165) is 34.6 Å². The zero-order chi connectivity index (χ0) is 26.1. The van der Waals surface area contributed by atoms with E-state index in [4.69, 9.17) is 18.9 Å². The molecule has 0 fully saturated rings. The van der Waals surface area contributed by atoms with Crippen LogP contribution in [0.15, 0.2) is 66.7 Å². The Morgan fingerprint density at radius 3 is 2.11 bits per heavy atom. The van der Waals surface area contributed by atoms with Crippen LogP contribution in [0.4, 0.5) is 0 Å². The predicted octanol–water partition coefficient (Wildman–Crippen LogP) is 6.07. The van der Waals surface area contributed by atoms with Gasteiger partial charge in [0.05, 0.1) is 27.4 Å². The molecule has 0 aliphatic carbocycles. The molecular formula is C30H37NO5. The molecule has 0 saturated heterocycles. The first kappa shape index (κ1) is 26.9. The first-order chi connectivity index (χ1) is 17.4. The van der Waals surface area contributed by atoms with Crippen LogP contribution >= 0.6 is 0 Å². The van der Waals surface area contributed by atoms with Crippen LogP contribution in [0.1, 0.15) is 49.8 Å². The van der Waals surface area contributed by atoms with Gasteiger partial charge in [0.25, 0.3) is 0 Å². The minimum atomic E-state index is 0.0178. The molecule has 1 atom stereocenters. The minimum absolute atomic E-state index is 0.0178. The van der Waals surface area contributed by atoms with Gasteiger partial charge in [0.1, 0.15) is 11.5 Å². The third-order valence-corrected chi connectivity index (χ3v) is 6.12. The smallest absolute Gasteiger partial charge is 0.219 e. The summed E-state index contributed by atoms with van der Waals surface area (Å²) in [4.78, 5) is 14.5. The summed E-state index contributed by atoms with van der Waals surface area (Å²) in [6, 6.07) is 22.0. The second-order valence-electron chi connectivity index (χ2n) is 8.95. The van der Waals surface area contributed by atoms with E-state index in [1.807, 2.05) is 67.3 Å². The highest BCUT2D eigenvalue weighted by Crippen LogP contribution is 2.35. The van der Waals surface area contributed by atoms with Gasteiger partial charge in [-0.05, 0) is 61.7 Å². The fraction of sp³-hybridized carbons (Fsp3) is 0.367. The monoisotopic (exact) mass is 491 g/mol. The van der Waals surface area contributed by atoms with Crippen molar-refractivity contribution >= 4 is 5.91 Å². The Balaban J connectivity index is 1.86. The first-order valence-electron chi connectivity index (χ1n) is 12.2. The van der Waals surface area contributed by atoms with Gasteiger partial charge >= 0.3 is 0 Å². The van der Waals surface area contributed by atoms with Crippen LogP contribution in [0, 0.1) is 0 Å². The van der Waals surface area contributed by atoms with Crippen LogP contribution in [0.2, 0.25) is 0 Å². The molecule has 3 aromatic rings. The van der Waals surface area contributed by atoms with Gasteiger partial charge in [0, 0.05) is 31.5 Å². The van der Waals surface area contributed by atoms with E-state index in [1.54, 1.807) is 28.3 Å². The van der Waals surface area contributed by atoms with Crippen molar-refractivity contribution < 1.29 is 23.7 Å². The molecule has 0 radical (unpaired) electrons. The van der Waals surface area contributed by atoms with E-state index in [2.05, 4.69) is 18.2 Å². The molecule has 1 amide bonds. The van der Waals surface area contributed by atoms with E-state index in [-0.39, 0.29) is 17.9 Å². The molecule has 0 aliphatic heterocycles. The van der Waals surface area contributed by atoms with Gasteiger partial charge in [-0.2, -0.15) is 0 Å². The standard InChI is InChI=1S/C30H37NO5/c1-21(2)36-25-14-12-24(13-15-25)26(27-9-7-8-10-28(27)33-4)17-18-31(22(3)32)20-23-11-16-29(34-5)30(19-23)35-6/h7-16,19,21,26H,17-18,20H2,1-6H3/t26-/m1/s1. The first-order valence-corrected chi connectivity index (χ1v) is 12.2. The SMILES string of the molecule is COc1ccc(CN(CC[C@H](c2ccc(OC(C)C)cc2)c2ccccc2OC)C(C)=O)cc1OC. The number of para-hydroxylation sites is 1. The van der Waals surface area contributed by atoms with Crippen LogP contribution in [0.25, 0.3) is 0 Å². The topological polar surface area (TPSA) is 57.2 Å². The average molecular weight is 492 g/mol. The summed E-state index contributed by atoms with van der Waals surface area (Å²) >= 11 is 0. The van der Waals surface area contributed by atoms with Gasteiger partial charge in [-0.3, -0.25) is 4.79 Å². The highest BCUT2D eigenvalue weighted by atomic mass is 16.5. The van der Waals surface area contributed by atoms with E-state index < -0.39 is 0 Å². The Morgan fingerprint density at radius 2 is 1.50 bits per heavy atom. The molecule has 0 spiro atoms. The van der Waals surface area contributed by atoms with E-state index in [0.29, 0.717) is 24.6 Å². The molecule has 6 heteroatoms. The van der Waals surface area contributed by atoms with Crippen LogP contribution in [0.3, 0.4) is 0 Å². The van der Waals surface area contributed by atoms with Crippen molar-refractivity contribution in [2.24, 2.45) is 0 Å². The number of ether oxygens (including phenoxy) is 4. The van der Waals surface area contributed by atoms with Crippen molar-refractivity contribution in [2.45, 2.75) is 45.8 Å². The summed E-state index contributed by atoms with van der Waals surface area (Å²) in [7, 11) is 4.91. The zero-order valence-corrected chi connectivity index (χ0v) is 22.1. The molecule has 36 heavy (non-hydrogen) atoms. The maximum atomic E-state index is 12.6. The quantitative estimate of drug-likeness (QED) is 0.308. The Hall–Kier alpha value is -3.67. The van der Waals surface area contributed by atoms with Crippen molar-refractivity contribution in [3.05, 3.63) is 83.4 Å². The fourth-order valence-corrected chi connectivity index (χ4v) is 4.34. The van der Waals surface area contributed by atoms with Crippen LogP contribution < -0.4 is 18.9 Å². The average Bonchev–Trinajstić information content (AvgIpc) is 2.88. The lowest BCUT2D eigenvalue weighted by molar-refractivity contribution is -0.129. The van der Waals surface area contributed by atoms with Gasteiger partial charge in [-0.15, -0.1) is 0 Å². The maximum Gasteiger partial charge on any atom is 0.219 e. The molecule has 192 valence electrons. The lowest BCUT2D eigenvalue weighted by atomic mass is 9.87. The fourth-order valence-electron chi connectivity index (χ4n) is 4.34. The van der Waals surface area contributed by atoms with Gasteiger partial charge in [-0.1, -0.05) is 36.4 Å². The van der Waals surface area contributed by atoms with Gasteiger partial charge < -0.3 is 23.8 Å². The third-order valence-electron chi connectivity index (χ3n) is 6.12. The normalized spacial score (nSPS) is 11.6. The minimum Gasteiger partial charge on any atom is -0.496 e. The number of hydrogen-bond acceptors (Lipinski definition) is 5. The van der Waals surface area contributed by atoms with Gasteiger partial charge in [-0.25, -0.2) is 0 Å². The van der Waals surface area contributed by atoms with Crippen LogP contribution in [0.5, 0.6) is 23.0 Å². The Kier molecular flexibility index (Phi) is 9.62. The zero-order valence-electron chi connectivity index (χ0n) is 22.1. The number of hydrogen-bond donors (Lipinski definition) is 0. The number of rotatable bonds is 12. The van der Waals surface area contributed by atoms with Gasteiger partial charge in [0.2, 0.25) is 5.91 Å². The molecule has 0 aliphatic rings. The van der Waals surface area contributed by atoms with Crippen molar-refractivity contribution in [2.75, 3.05) is 27.9 Å². The Morgan fingerprint density at radius 1 is 0.833 bits per heavy atom. The van der Waals surface area contributed by atoms with Crippen molar-refractivity contribution in [3.8, 4) is 23.0 Å². The predicted molar refractivity (Wildman–Crippen MR) is 142 cm³/mol. The summed E-state index contributed by atoms with van der Waals surface area (Å²) in [6.07, 6.45) is 0.846. The summed E-state index contributed by atoms with van der Waals surface area (Å²) in [5.41, 5.74) is 3.21. The number of nitrogens with zero attached hydrogens (tertiary/aromatic N) is 1. The molecular weight excluding hydrogens is 454 g/mol. The second kappa shape index (κ2) is 12.9. The molecule has 0 saturated carbocycles. The molecule has 0 aromatic heterocycles. The van der Waals surface area contributed by atoms with Crippen LogP contribution in [-0.4, -0.2) is 44.8 Å². The van der Waals surface area contributed by atoms with Crippen molar-refractivity contribution in [3.63, 3.8) is 0 Å². The highest BCUT2D eigenvalue weighted by Gasteiger charge is 2.21. The molecule has 0 bridgehead atoms. The molecule has 6 nitrogen and oxygen atoms in total. The maximum absolute atomic E-state index is 12.6. The van der Waals surface area contributed by atoms with Crippen LogP contribution in [-0.2, 0) is 11.3 Å². The molecule has 3 rings (SSSR count). The number of methoxy groups -OCH3 is 3. The number of carbonyl (C=O) groups is 1. The molecule has 3 aromatic carbocycles. The molecule has 0 N–H and O–H groups in total. The largest absolute Gasteiger partial charge is 0.496 e. The van der Waals surface area contributed by atoms with Gasteiger partial charge in [0.15, 0.2) is 11.5 Å². The number of amides is 1. The van der Waals surface area contributed by atoms with E-state index >= 15 is 0 Å². The highest BCUT2D eigenvalue weighted by molar-refractivity contribution is 5.73. The van der Waals surface area contributed by atoms with E-state index in [1.165, 1.54) is 0 Å². The number of benzene rings is 3. The number of carbonyl (C=O) groups excluding carboxylic acids is 1. The lowest BCUT2D eigenvalue weighted by Gasteiger charge is -2.26. The summed E-state index contributed by atoms with van der Waals surface area (Å²) in [5, 5.41) is 0. The lowest BCUT2D eigenvalue weighted by Crippen LogP contribution is -2.30. The molecule has 0 unspecified atom stereocenters. The summed E-state index contributed by atoms with van der Waals surface area (Å²) in [6.45, 7) is 6.70.